The van der Waals surface area contributed by atoms with Crippen molar-refractivity contribution in [2.24, 2.45) is 0 Å². The molecule has 1 amide bonds. The van der Waals surface area contributed by atoms with E-state index < -0.39 is 15.9 Å². The molecule has 1 aromatic heterocycles. The molecule has 0 radical (unpaired) electrons. The van der Waals surface area contributed by atoms with E-state index in [0.29, 0.717) is 21.3 Å². The van der Waals surface area contributed by atoms with Crippen molar-refractivity contribution >= 4 is 61.8 Å². The summed E-state index contributed by atoms with van der Waals surface area (Å²) in [5.41, 5.74) is 1.14. The van der Waals surface area contributed by atoms with Crippen LogP contribution in [0.15, 0.2) is 58.8 Å². The first-order valence-corrected chi connectivity index (χ1v) is 10.8. The lowest BCUT2D eigenvalue weighted by Gasteiger charge is -2.12. The van der Waals surface area contributed by atoms with Gasteiger partial charge in [-0.1, -0.05) is 35.3 Å². The van der Waals surface area contributed by atoms with Gasteiger partial charge in [0.1, 0.15) is 4.88 Å². The normalized spacial score (nSPS) is 11.2. The third-order valence-electron chi connectivity index (χ3n) is 3.71. The topological polar surface area (TPSA) is 75.3 Å². The van der Waals surface area contributed by atoms with Crippen LogP contribution >= 0.6 is 34.5 Å². The van der Waals surface area contributed by atoms with Gasteiger partial charge in [-0.25, -0.2) is 8.42 Å². The van der Waals surface area contributed by atoms with E-state index in [9.17, 15) is 13.2 Å². The number of anilines is 2. The van der Waals surface area contributed by atoms with Gasteiger partial charge < -0.3 is 5.32 Å². The van der Waals surface area contributed by atoms with Gasteiger partial charge in [0.25, 0.3) is 15.9 Å². The molecule has 0 fully saturated rings. The number of amides is 1. The van der Waals surface area contributed by atoms with Gasteiger partial charge in [0.2, 0.25) is 0 Å². The fraction of sp³-hybridized carbons (Fsp3) is 0.0556. The molecule has 3 rings (SSSR count). The summed E-state index contributed by atoms with van der Waals surface area (Å²) in [5, 5.41) is 5.17. The average Bonchev–Trinajstić information content (AvgIpc) is 3.04. The van der Waals surface area contributed by atoms with E-state index in [2.05, 4.69) is 10.0 Å². The van der Waals surface area contributed by atoms with E-state index in [1.165, 1.54) is 12.1 Å². The quantitative estimate of drug-likeness (QED) is 0.556. The van der Waals surface area contributed by atoms with Crippen molar-refractivity contribution in [3.8, 4) is 0 Å². The second kappa shape index (κ2) is 7.90. The molecule has 1 heterocycles. The zero-order valence-electron chi connectivity index (χ0n) is 14.0. The number of benzene rings is 2. The molecule has 3 aromatic rings. The van der Waals surface area contributed by atoms with Crippen LogP contribution in [0.2, 0.25) is 10.0 Å². The molecule has 27 heavy (non-hydrogen) atoms. The minimum Gasteiger partial charge on any atom is -0.321 e. The Kier molecular flexibility index (Phi) is 5.76. The highest BCUT2D eigenvalue weighted by Crippen LogP contribution is 2.29. The molecule has 140 valence electrons. The summed E-state index contributed by atoms with van der Waals surface area (Å²) in [7, 11) is -3.90. The van der Waals surface area contributed by atoms with Crippen LogP contribution in [0.25, 0.3) is 0 Å². The van der Waals surface area contributed by atoms with Gasteiger partial charge >= 0.3 is 0 Å². The molecule has 0 spiro atoms. The highest BCUT2D eigenvalue weighted by Gasteiger charge is 2.22. The van der Waals surface area contributed by atoms with Crippen LogP contribution in [-0.2, 0) is 10.0 Å². The SMILES string of the molecule is Cc1c(Cl)cccc1S(=O)(=O)Nc1ccsc1C(=O)Nc1cccc(Cl)c1. The lowest BCUT2D eigenvalue weighted by atomic mass is 10.2. The van der Waals surface area contributed by atoms with E-state index in [-0.39, 0.29) is 15.5 Å². The smallest absolute Gasteiger partial charge is 0.267 e. The minimum atomic E-state index is -3.90. The van der Waals surface area contributed by atoms with E-state index in [4.69, 9.17) is 23.2 Å². The average molecular weight is 441 g/mol. The van der Waals surface area contributed by atoms with Crippen molar-refractivity contribution in [3.63, 3.8) is 0 Å². The Labute approximate surface area is 171 Å². The molecular formula is C18H14Cl2N2O3S2. The minimum absolute atomic E-state index is 0.0578. The number of carbonyl (C=O) groups is 1. The number of carbonyl (C=O) groups excluding carboxylic acids is 1. The van der Waals surface area contributed by atoms with E-state index in [1.807, 2.05) is 0 Å². The number of nitrogens with one attached hydrogen (secondary N) is 2. The predicted molar refractivity (Wildman–Crippen MR) is 111 cm³/mol. The molecule has 0 saturated heterocycles. The fourth-order valence-electron chi connectivity index (χ4n) is 2.40. The highest BCUT2D eigenvalue weighted by atomic mass is 35.5. The maximum absolute atomic E-state index is 12.7. The van der Waals surface area contributed by atoms with Crippen LogP contribution < -0.4 is 10.0 Å². The number of hydrogen-bond acceptors (Lipinski definition) is 4. The first-order valence-electron chi connectivity index (χ1n) is 7.70. The van der Waals surface area contributed by atoms with Gasteiger partial charge in [-0.2, -0.15) is 0 Å². The van der Waals surface area contributed by atoms with Crippen molar-refractivity contribution in [3.05, 3.63) is 74.4 Å². The van der Waals surface area contributed by atoms with Crippen molar-refractivity contribution in [1.29, 1.82) is 0 Å². The van der Waals surface area contributed by atoms with Gasteiger partial charge in [0.15, 0.2) is 0 Å². The summed E-state index contributed by atoms with van der Waals surface area (Å²) < 4.78 is 27.9. The van der Waals surface area contributed by atoms with E-state index in [0.717, 1.165) is 11.3 Å². The Morgan fingerprint density at radius 3 is 2.56 bits per heavy atom. The molecule has 0 unspecified atom stereocenters. The van der Waals surface area contributed by atoms with Crippen LogP contribution in [0.3, 0.4) is 0 Å². The van der Waals surface area contributed by atoms with E-state index >= 15 is 0 Å². The molecule has 0 bridgehead atoms. The summed E-state index contributed by atoms with van der Waals surface area (Å²) >= 11 is 13.1. The van der Waals surface area contributed by atoms with Gasteiger partial charge in [-0.3, -0.25) is 9.52 Å². The Hall–Kier alpha value is -2.06. The molecule has 0 aliphatic carbocycles. The fourth-order valence-corrected chi connectivity index (χ4v) is 4.97. The summed E-state index contributed by atoms with van der Waals surface area (Å²) in [6, 6.07) is 12.9. The lowest BCUT2D eigenvalue weighted by Crippen LogP contribution is -2.17. The number of rotatable bonds is 5. The highest BCUT2D eigenvalue weighted by molar-refractivity contribution is 7.92. The molecule has 2 aromatic carbocycles. The van der Waals surface area contributed by atoms with Crippen molar-refractivity contribution in [2.75, 3.05) is 10.0 Å². The van der Waals surface area contributed by atoms with Crippen LogP contribution in [0, 0.1) is 6.92 Å². The van der Waals surface area contributed by atoms with Crippen molar-refractivity contribution < 1.29 is 13.2 Å². The number of hydrogen-bond donors (Lipinski definition) is 2. The first-order chi connectivity index (χ1) is 12.8. The standard InChI is InChI=1S/C18H14Cl2N2O3S2/c1-11-14(20)6-3-7-16(11)27(24,25)22-15-8-9-26-17(15)18(23)21-13-5-2-4-12(19)10-13/h2-10,22H,1H3,(H,21,23). The van der Waals surface area contributed by atoms with Crippen LogP contribution in [0.1, 0.15) is 15.2 Å². The Morgan fingerprint density at radius 1 is 1.07 bits per heavy atom. The summed E-state index contributed by atoms with van der Waals surface area (Å²) in [6.07, 6.45) is 0. The monoisotopic (exact) mass is 440 g/mol. The molecule has 0 atom stereocenters. The van der Waals surface area contributed by atoms with Crippen LogP contribution in [-0.4, -0.2) is 14.3 Å². The predicted octanol–water partition coefficient (Wildman–Crippen LogP) is 5.42. The maximum Gasteiger partial charge on any atom is 0.267 e. The lowest BCUT2D eigenvalue weighted by molar-refractivity contribution is 0.103. The maximum atomic E-state index is 12.7. The van der Waals surface area contributed by atoms with Gasteiger partial charge in [-0.15, -0.1) is 11.3 Å². The molecule has 0 saturated carbocycles. The third kappa shape index (κ3) is 4.44. The molecule has 9 heteroatoms. The number of thiophene rings is 1. The zero-order chi connectivity index (χ0) is 19.6. The summed E-state index contributed by atoms with van der Waals surface area (Å²) in [4.78, 5) is 12.8. The molecule has 0 aliphatic heterocycles. The molecular weight excluding hydrogens is 427 g/mol. The third-order valence-corrected chi connectivity index (χ3v) is 6.77. The Balaban J connectivity index is 1.86. The van der Waals surface area contributed by atoms with Crippen LogP contribution in [0.4, 0.5) is 11.4 Å². The molecule has 2 N–H and O–H groups in total. The number of halogens is 2. The van der Waals surface area contributed by atoms with Crippen molar-refractivity contribution in [1.82, 2.24) is 0 Å². The summed E-state index contributed by atoms with van der Waals surface area (Å²) in [5.74, 6) is -0.437. The molecule has 5 nitrogen and oxygen atoms in total. The van der Waals surface area contributed by atoms with Gasteiger partial charge in [-0.05, 0) is 54.3 Å². The molecule has 0 aliphatic rings. The number of sulfonamides is 1. The van der Waals surface area contributed by atoms with Gasteiger partial charge in [0, 0.05) is 15.7 Å². The van der Waals surface area contributed by atoms with Crippen molar-refractivity contribution in [2.45, 2.75) is 11.8 Å². The summed E-state index contributed by atoms with van der Waals surface area (Å²) in [6.45, 7) is 1.62. The Bertz CT molecular complexity index is 1110. The largest absolute Gasteiger partial charge is 0.321 e. The second-order valence-corrected chi connectivity index (χ2v) is 9.01. The zero-order valence-corrected chi connectivity index (χ0v) is 17.1. The Morgan fingerprint density at radius 2 is 1.81 bits per heavy atom. The first kappa shape index (κ1) is 19.7. The van der Waals surface area contributed by atoms with Gasteiger partial charge in [0.05, 0.1) is 10.6 Å². The second-order valence-electron chi connectivity index (χ2n) is 5.60. The van der Waals surface area contributed by atoms with Crippen LogP contribution in [0.5, 0.6) is 0 Å². The van der Waals surface area contributed by atoms with E-state index in [1.54, 1.807) is 48.7 Å².